The van der Waals surface area contributed by atoms with E-state index in [4.69, 9.17) is 19.1 Å². The molecule has 3 rings (SSSR count). The molecule has 0 bridgehead atoms. The number of aromatic nitrogens is 2. The largest absolute Gasteiger partial charge is 0.490 e. The van der Waals surface area contributed by atoms with Gasteiger partial charge in [0.05, 0.1) is 37.0 Å². The third-order valence-electron chi connectivity index (χ3n) is 4.25. The van der Waals surface area contributed by atoms with Crippen molar-refractivity contribution in [2.45, 2.75) is 65.7 Å². The van der Waals surface area contributed by atoms with Gasteiger partial charge in [-0.3, -0.25) is 4.90 Å². The molecule has 0 atom stereocenters. The van der Waals surface area contributed by atoms with Gasteiger partial charge in [-0.25, -0.2) is 9.78 Å². The van der Waals surface area contributed by atoms with Crippen LogP contribution >= 0.6 is 0 Å². The third-order valence-corrected chi connectivity index (χ3v) is 4.25. The summed E-state index contributed by atoms with van der Waals surface area (Å²) in [4.78, 5) is 15.9. The van der Waals surface area contributed by atoms with Crippen LogP contribution in [0.25, 0.3) is 0 Å². The minimum Gasteiger partial charge on any atom is -0.475 e. The van der Waals surface area contributed by atoms with Crippen LogP contribution in [0.15, 0.2) is 22.9 Å². The maximum absolute atomic E-state index is 10.6. The Bertz CT molecular complexity index is 799. The summed E-state index contributed by atoms with van der Waals surface area (Å²) in [5, 5.41) is 7.12. The van der Waals surface area contributed by atoms with Crippen LogP contribution in [0.1, 0.15) is 43.2 Å². The zero-order chi connectivity index (χ0) is 21.6. The first-order valence-corrected chi connectivity index (χ1v) is 9.28. The summed E-state index contributed by atoms with van der Waals surface area (Å²) in [6.45, 7) is 10.5. The van der Waals surface area contributed by atoms with Gasteiger partial charge in [-0.1, -0.05) is 0 Å². The summed E-state index contributed by atoms with van der Waals surface area (Å²) >= 11 is 0. The number of carboxylic acids is 1. The molecule has 7 nitrogen and oxygen atoms in total. The van der Waals surface area contributed by atoms with Crippen LogP contribution in [0.3, 0.4) is 0 Å². The Morgan fingerprint density at radius 3 is 2.59 bits per heavy atom. The Balaban J connectivity index is 0.000000370. The lowest BCUT2D eigenvalue weighted by molar-refractivity contribution is -0.192. The summed E-state index contributed by atoms with van der Waals surface area (Å²) in [6.07, 6.45) is -1.77. The van der Waals surface area contributed by atoms with Crippen LogP contribution in [0, 0.1) is 6.92 Å². The smallest absolute Gasteiger partial charge is 0.475 e. The lowest BCUT2D eigenvalue weighted by Gasteiger charge is -2.19. The van der Waals surface area contributed by atoms with E-state index in [-0.39, 0.29) is 6.10 Å². The first-order chi connectivity index (χ1) is 13.6. The number of fused-ring (bicyclic) bond motifs is 1. The van der Waals surface area contributed by atoms with Crippen LogP contribution in [0.5, 0.6) is 0 Å². The van der Waals surface area contributed by atoms with Gasteiger partial charge in [0.1, 0.15) is 11.5 Å². The lowest BCUT2D eigenvalue weighted by atomic mass is 10.3. The van der Waals surface area contributed by atoms with Crippen molar-refractivity contribution in [3.05, 3.63) is 41.4 Å². The number of nitrogens with zero attached hydrogens (tertiary/aromatic N) is 3. The van der Waals surface area contributed by atoms with Crippen molar-refractivity contribution in [1.29, 1.82) is 0 Å². The molecule has 0 saturated carbocycles. The Kier molecular flexibility index (Phi) is 7.86. The van der Waals surface area contributed by atoms with Crippen molar-refractivity contribution in [2.75, 3.05) is 6.54 Å². The van der Waals surface area contributed by atoms with E-state index in [9.17, 15) is 13.2 Å². The second-order valence-electron chi connectivity index (χ2n) is 7.07. The molecule has 1 aliphatic rings. The number of carbonyl (C=O) groups is 1. The van der Waals surface area contributed by atoms with Gasteiger partial charge in [0.25, 0.3) is 0 Å². The Morgan fingerprint density at radius 2 is 2.03 bits per heavy atom. The van der Waals surface area contributed by atoms with Crippen LogP contribution in [0.2, 0.25) is 0 Å². The number of furan rings is 1. The van der Waals surface area contributed by atoms with Gasteiger partial charge in [0, 0.05) is 19.6 Å². The molecule has 2 aromatic heterocycles. The van der Waals surface area contributed by atoms with Gasteiger partial charge in [0.2, 0.25) is 0 Å². The van der Waals surface area contributed by atoms with Crippen molar-refractivity contribution in [1.82, 2.24) is 14.5 Å². The number of ether oxygens (including phenoxy) is 1. The predicted molar refractivity (Wildman–Crippen MR) is 98.0 cm³/mol. The van der Waals surface area contributed by atoms with E-state index in [0.29, 0.717) is 6.61 Å². The average Bonchev–Trinajstić information content (AvgIpc) is 3.13. The fourth-order valence-corrected chi connectivity index (χ4v) is 2.87. The van der Waals surface area contributed by atoms with E-state index in [2.05, 4.69) is 34.4 Å². The zero-order valence-electron chi connectivity index (χ0n) is 16.7. The molecule has 0 aromatic carbocycles. The van der Waals surface area contributed by atoms with Crippen molar-refractivity contribution in [3.63, 3.8) is 0 Å². The standard InChI is InChI=1S/C17H25N3O2.C2HF3O2/c1-13(2)21-11-16-17-10-19(7-4-8-20(17)12-18-16)9-15-6-5-14(3)22-15;3-2(4,5)1(6)7/h5-6,12-13H,4,7-11H2,1-3H3;(H,6,7). The number of aryl methyl sites for hydroxylation is 2. The molecule has 1 aliphatic heterocycles. The first-order valence-electron chi connectivity index (χ1n) is 9.28. The second kappa shape index (κ2) is 9.93. The SMILES string of the molecule is Cc1ccc(CN2CCCn3cnc(COC(C)C)c3C2)o1.O=C(O)C(F)(F)F. The van der Waals surface area contributed by atoms with E-state index in [1.807, 2.05) is 19.3 Å². The number of halogens is 3. The third kappa shape index (κ3) is 7.21. The quantitative estimate of drug-likeness (QED) is 0.798. The monoisotopic (exact) mass is 417 g/mol. The number of hydrogen-bond acceptors (Lipinski definition) is 5. The lowest BCUT2D eigenvalue weighted by Crippen LogP contribution is -2.23. The molecule has 162 valence electrons. The molecule has 2 aromatic rings. The van der Waals surface area contributed by atoms with E-state index in [1.165, 1.54) is 5.69 Å². The molecule has 0 aliphatic carbocycles. The molecule has 3 heterocycles. The topological polar surface area (TPSA) is 80.7 Å². The number of carboxylic acid groups (broad SMARTS) is 1. The minimum absolute atomic E-state index is 0.227. The summed E-state index contributed by atoms with van der Waals surface area (Å²) < 4.78 is 45.5. The summed E-state index contributed by atoms with van der Waals surface area (Å²) in [5.41, 5.74) is 2.35. The van der Waals surface area contributed by atoms with E-state index >= 15 is 0 Å². The maximum atomic E-state index is 10.6. The number of aliphatic carboxylic acids is 1. The highest BCUT2D eigenvalue weighted by atomic mass is 19.4. The molecule has 0 spiro atoms. The van der Waals surface area contributed by atoms with Crippen LogP contribution in [-0.4, -0.2) is 44.4 Å². The highest BCUT2D eigenvalue weighted by Crippen LogP contribution is 2.20. The van der Waals surface area contributed by atoms with Gasteiger partial charge >= 0.3 is 12.1 Å². The van der Waals surface area contributed by atoms with Crippen LogP contribution < -0.4 is 0 Å². The fourth-order valence-electron chi connectivity index (χ4n) is 2.87. The molecule has 0 unspecified atom stereocenters. The zero-order valence-corrected chi connectivity index (χ0v) is 16.7. The second-order valence-corrected chi connectivity index (χ2v) is 7.07. The molecule has 0 amide bonds. The fraction of sp³-hybridized carbons (Fsp3) is 0.579. The van der Waals surface area contributed by atoms with E-state index in [1.54, 1.807) is 0 Å². The molecular formula is C19H26F3N3O4. The first kappa shape index (κ1) is 23.0. The highest BCUT2D eigenvalue weighted by molar-refractivity contribution is 5.73. The summed E-state index contributed by atoms with van der Waals surface area (Å²) in [5.74, 6) is -0.751. The van der Waals surface area contributed by atoms with Crippen LogP contribution in [-0.2, 0) is 35.8 Å². The van der Waals surface area contributed by atoms with Crippen molar-refractivity contribution >= 4 is 5.97 Å². The highest BCUT2D eigenvalue weighted by Gasteiger charge is 2.38. The van der Waals surface area contributed by atoms with E-state index < -0.39 is 12.1 Å². The molecular weight excluding hydrogens is 391 g/mol. The normalized spacial score (nSPS) is 14.9. The van der Waals surface area contributed by atoms with Gasteiger partial charge in [-0.15, -0.1) is 0 Å². The van der Waals surface area contributed by atoms with Gasteiger partial charge in [0.15, 0.2) is 0 Å². The number of alkyl halides is 3. The number of imidazole rings is 1. The van der Waals surface area contributed by atoms with Crippen molar-refractivity contribution < 1.29 is 32.2 Å². The number of rotatable bonds is 5. The average molecular weight is 417 g/mol. The molecule has 1 N–H and O–H groups in total. The predicted octanol–water partition coefficient (Wildman–Crippen LogP) is 3.75. The summed E-state index contributed by atoms with van der Waals surface area (Å²) in [6, 6.07) is 4.10. The Labute approximate surface area is 167 Å². The molecule has 29 heavy (non-hydrogen) atoms. The maximum Gasteiger partial charge on any atom is 0.490 e. The Morgan fingerprint density at radius 1 is 1.34 bits per heavy atom. The van der Waals surface area contributed by atoms with Gasteiger partial charge < -0.3 is 18.8 Å². The minimum atomic E-state index is -5.08. The van der Waals surface area contributed by atoms with Gasteiger partial charge in [-0.05, 0) is 39.3 Å². The molecule has 10 heteroatoms. The van der Waals surface area contributed by atoms with Gasteiger partial charge in [-0.2, -0.15) is 13.2 Å². The van der Waals surface area contributed by atoms with Crippen molar-refractivity contribution in [2.24, 2.45) is 0 Å². The van der Waals surface area contributed by atoms with Crippen LogP contribution in [0.4, 0.5) is 13.2 Å². The summed E-state index contributed by atoms with van der Waals surface area (Å²) in [7, 11) is 0. The number of hydrogen-bond donors (Lipinski definition) is 1. The van der Waals surface area contributed by atoms with E-state index in [0.717, 1.165) is 49.8 Å². The molecule has 0 radical (unpaired) electrons. The Hall–Kier alpha value is -2.33. The molecule has 0 fully saturated rings. The van der Waals surface area contributed by atoms with Crippen molar-refractivity contribution in [3.8, 4) is 0 Å². The molecule has 0 saturated heterocycles.